The van der Waals surface area contributed by atoms with Crippen LogP contribution in [0.3, 0.4) is 0 Å². The highest BCUT2D eigenvalue weighted by molar-refractivity contribution is 5.67. The lowest BCUT2D eigenvalue weighted by atomic mass is 10.1. The fourth-order valence-corrected chi connectivity index (χ4v) is 3.06. The van der Waals surface area contributed by atoms with Crippen LogP contribution >= 0.6 is 0 Å². The van der Waals surface area contributed by atoms with E-state index in [-0.39, 0.29) is 5.56 Å². The van der Waals surface area contributed by atoms with Crippen LogP contribution in [-0.2, 0) is 6.18 Å². The van der Waals surface area contributed by atoms with Gasteiger partial charge in [0.05, 0.1) is 29.8 Å². The third kappa shape index (κ3) is 4.29. The van der Waals surface area contributed by atoms with Gasteiger partial charge in [0.15, 0.2) is 5.65 Å². The van der Waals surface area contributed by atoms with E-state index >= 15 is 0 Å². The summed E-state index contributed by atoms with van der Waals surface area (Å²) in [5.41, 5.74) is 12.4. The number of hydrogen-bond acceptors (Lipinski definition) is 6. The Morgan fingerprint density at radius 1 is 0.968 bits per heavy atom. The highest BCUT2D eigenvalue weighted by atomic mass is 19.4. The van der Waals surface area contributed by atoms with E-state index in [0.29, 0.717) is 35.9 Å². The molecule has 4 N–H and O–H groups in total. The van der Waals surface area contributed by atoms with Crippen molar-refractivity contribution in [2.45, 2.75) is 12.6 Å². The van der Waals surface area contributed by atoms with Gasteiger partial charge in [-0.3, -0.25) is 0 Å². The number of halogens is 3. The SMILES string of the molecule is NCCCOc1ccc(-c2cnc3ccc(-c4cnc(N)c(C(F)(F)F)c4)nn23)cc1. The van der Waals surface area contributed by atoms with Crippen molar-refractivity contribution in [1.29, 1.82) is 0 Å². The Morgan fingerprint density at radius 2 is 1.74 bits per heavy atom. The molecule has 0 aliphatic carbocycles. The topological polar surface area (TPSA) is 104 Å². The van der Waals surface area contributed by atoms with Gasteiger partial charge in [0.1, 0.15) is 11.6 Å². The molecule has 3 aromatic heterocycles. The minimum absolute atomic E-state index is 0.201. The van der Waals surface area contributed by atoms with E-state index in [1.807, 2.05) is 24.3 Å². The summed E-state index contributed by atoms with van der Waals surface area (Å²) in [6, 6.07) is 11.6. The predicted octanol–water partition coefficient (Wildman–Crippen LogP) is 3.79. The average molecular weight is 428 g/mol. The predicted molar refractivity (Wildman–Crippen MR) is 110 cm³/mol. The van der Waals surface area contributed by atoms with Crippen LogP contribution < -0.4 is 16.2 Å². The van der Waals surface area contributed by atoms with Gasteiger partial charge in [0.25, 0.3) is 0 Å². The molecule has 7 nitrogen and oxygen atoms in total. The van der Waals surface area contributed by atoms with Crippen molar-refractivity contribution < 1.29 is 17.9 Å². The summed E-state index contributed by atoms with van der Waals surface area (Å²) in [7, 11) is 0. The minimum Gasteiger partial charge on any atom is -0.494 e. The standard InChI is InChI=1S/C21H19F3N6O/c22-21(23,24)16-10-14(11-28-20(16)26)17-6-7-19-27-12-18(30(19)29-17)13-2-4-15(5-3-13)31-9-1-8-25/h2-7,10-12H,1,8-9,25H2,(H2,26,28). The van der Waals surface area contributed by atoms with E-state index in [9.17, 15) is 13.2 Å². The Balaban J connectivity index is 1.69. The maximum absolute atomic E-state index is 13.2. The zero-order valence-corrected chi connectivity index (χ0v) is 16.3. The fourth-order valence-electron chi connectivity index (χ4n) is 3.06. The largest absolute Gasteiger partial charge is 0.494 e. The van der Waals surface area contributed by atoms with E-state index in [1.165, 1.54) is 6.20 Å². The van der Waals surface area contributed by atoms with Gasteiger partial charge in [-0.15, -0.1) is 0 Å². The molecule has 0 radical (unpaired) electrons. The lowest BCUT2D eigenvalue weighted by Crippen LogP contribution is -2.10. The van der Waals surface area contributed by atoms with Gasteiger partial charge < -0.3 is 16.2 Å². The molecule has 0 aliphatic rings. The Bertz CT molecular complexity index is 1200. The van der Waals surface area contributed by atoms with Crippen molar-refractivity contribution in [3.63, 3.8) is 0 Å². The highest BCUT2D eigenvalue weighted by Crippen LogP contribution is 2.35. The van der Waals surface area contributed by atoms with E-state index in [4.69, 9.17) is 16.2 Å². The van der Waals surface area contributed by atoms with Crippen molar-refractivity contribution in [2.75, 3.05) is 18.9 Å². The van der Waals surface area contributed by atoms with Gasteiger partial charge in [-0.25, -0.2) is 14.5 Å². The minimum atomic E-state index is -4.61. The number of nitrogen functional groups attached to an aromatic ring is 1. The molecule has 1 aromatic carbocycles. The number of imidazole rings is 1. The number of pyridine rings is 1. The maximum atomic E-state index is 13.2. The van der Waals surface area contributed by atoms with E-state index in [0.717, 1.165) is 18.1 Å². The second-order valence-corrected chi connectivity index (χ2v) is 6.80. The van der Waals surface area contributed by atoms with E-state index < -0.39 is 17.6 Å². The number of anilines is 1. The Labute approximate surface area is 175 Å². The number of hydrogen-bond donors (Lipinski definition) is 2. The van der Waals surface area contributed by atoms with Gasteiger partial charge in [0.2, 0.25) is 0 Å². The first kappa shape index (κ1) is 20.6. The van der Waals surface area contributed by atoms with Gasteiger partial charge in [-0.1, -0.05) is 0 Å². The Morgan fingerprint density at radius 3 is 2.45 bits per heavy atom. The molecule has 3 heterocycles. The lowest BCUT2D eigenvalue weighted by Gasteiger charge is -2.11. The number of alkyl halides is 3. The smallest absolute Gasteiger partial charge is 0.419 e. The molecule has 0 saturated carbocycles. The van der Waals surface area contributed by atoms with Crippen molar-refractivity contribution >= 4 is 11.5 Å². The summed E-state index contributed by atoms with van der Waals surface area (Å²) in [6.45, 7) is 1.09. The second-order valence-electron chi connectivity index (χ2n) is 6.80. The third-order valence-electron chi connectivity index (χ3n) is 4.65. The monoisotopic (exact) mass is 428 g/mol. The molecule has 4 aromatic rings. The second kappa shape index (κ2) is 8.23. The molecule has 10 heteroatoms. The van der Waals surface area contributed by atoms with Crippen molar-refractivity contribution in [3.05, 3.63) is 60.4 Å². The van der Waals surface area contributed by atoms with Crippen LogP contribution in [0.15, 0.2) is 54.9 Å². The summed E-state index contributed by atoms with van der Waals surface area (Å²) in [6.07, 6.45) is -0.926. The number of rotatable bonds is 6. The molecule has 0 spiro atoms. The molecule has 0 unspecified atom stereocenters. The molecule has 0 aliphatic heterocycles. The normalized spacial score (nSPS) is 11.7. The van der Waals surface area contributed by atoms with Gasteiger partial charge in [0, 0.05) is 17.3 Å². The van der Waals surface area contributed by atoms with Gasteiger partial charge in [-0.05, 0) is 55.4 Å². The molecule has 0 bridgehead atoms. The van der Waals surface area contributed by atoms with Gasteiger partial charge in [-0.2, -0.15) is 18.3 Å². The molecular weight excluding hydrogens is 409 g/mol. The number of nitrogens with zero attached hydrogens (tertiary/aromatic N) is 4. The van der Waals surface area contributed by atoms with Crippen LogP contribution in [0.2, 0.25) is 0 Å². The molecular formula is C21H19F3N6O. The van der Waals surface area contributed by atoms with Crippen LogP contribution in [0.25, 0.3) is 28.2 Å². The summed E-state index contributed by atoms with van der Waals surface area (Å²) in [4.78, 5) is 8.01. The molecule has 31 heavy (non-hydrogen) atoms. The average Bonchev–Trinajstić information content (AvgIpc) is 3.17. The molecule has 0 fully saturated rings. The summed E-state index contributed by atoms with van der Waals surface area (Å²) in [5.74, 6) is 0.140. The number of nitrogens with two attached hydrogens (primary N) is 2. The lowest BCUT2D eigenvalue weighted by molar-refractivity contribution is -0.137. The fraction of sp³-hybridized carbons (Fsp3) is 0.190. The van der Waals surface area contributed by atoms with Crippen LogP contribution in [-0.4, -0.2) is 32.7 Å². The Kier molecular flexibility index (Phi) is 5.47. The van der Waals surface area contributed by atoms with E-state index in [1.54, 1.807) is 22.8 Å². The van der Waals surface area contributed by atoms with Crippen molar-refractivity contribution in [2.24, 2.45) is 5.73 Å². The van der Waals surface area contributed by atoms with Crippen LogP contribution in [0.4, 0.5) is 19.0 Å². The van der Waals surface area contributed by atoms with Gasteiger partial charge >= 0.3 is 6.18 Å². The maximum Gasteiger partial charge on any atom is 0.419 e. The molecule has 0 atom stereocenters. The quantitative estimate of drug-likeness (QED) is 0.453. The first-order valence-corrected chi connectivity index (χ1v) is 9.48. The van der Waals surface area contributed by atoms with Crippen molar-refractivity contribution in [1.82, 2.24) is 19.6 Å². The molecule has 4 rings (SSSR count). The first-order chi connectivity index (χ1) is 14.9. The number of ether oxygens (including phenoxy) is 1. The summed E-state index contributed by atoms with van der Waals surface area (Å²) in [5, 5.41) is 4.48. The first-order valence-electron chi connectivity index (χ1n) is 9.48. The zero-order chi connectivity index (χ0) is 22.0. The number of fused-ring (bicyclic) bond motifs is 1. The van der Waals surface area contributed by atoms with E-state index in [2.05, 4.69) is 15.1 Å². The van der Waals surface area contributed by atoms with Crippen molar-refractivity contribution in [3.8, 4) is 28.3 Å². The van der Waals surface area contributed by atoms with Crippen LogP contribution in [0.1, 0.15) is 12.0 Å². The van der Waals surface area contributed by atoms with Crippen LogP contribution in [0, 0.1) is 0 Å². The number of aromatic nitrogens is 4. The number of benzene rings is 1. The third-order valence-corrected chi connectivity index (χ3v) is 4.65. The zero-order valence-electron chi connectivity index (χ0n) is 16.3. The summed E-state index contributed by atoms with van der Waals surface area (Å²) >= 11 is 0. The molecule has 0 amide bonds. The highest BCUT2D eigenvalue weighted by Gasteiger charge is 2.34. The summed E-state index contributed by atoms with van der Waals surface area (Å²) < 4.78 is 46.8. The van der Waals surface area contributed by atoms with Crippen LogP contribution in [0.5, 0.6) is 5.75 Å². The molecule has 0 saturated heterocycles. The molecule has 160 valence electrons. The Hall–Kier alpha value is -3.66.